The maximum atomic E-state index is 5.19. The van der Waals surface area contributed by atoms with E-state index in [1.54, 1.807) is 7.11 Å². The molecule has 1 aliphatic carbocycles. The molecule has 2 aromatic carbocycles. The summed E-state index contributed by atoms with van der Waals surface area (Å²) >= 11 is 0. The molecule has 1 aliphatic heterocycles. The molecule has 1 heterocycles. The quantitative estimate of drug-likeness (QED) is 0.514. The topological polar surface area (TPSA) is 52.8 Å². The van der Waals surface area contributed by atoms with Crippen LogP contribution >= 0.6 is 0 Å². The van der Waals surface area contributed by atoms with Crippen LogP contribution in [0.5, 0.6) is 5.75 Å². The molecule has 0 amide bonds. The lowest BCUT2D eigenvalue weighted by Gasteiger charge is -2.07. The number of anilines is 2. The molecule has 0 saturated heterocycles. The molecule has 22 heavy (non-hydrogen) atoms. The summed E-state index contributed by atoms with van der Waals surface area (Å²) in [5.74, 6) is 1.83. The maximum absolute atomic E-state index is 5.19. The number of aromatic nitrogens is 2. The zero-order chi connectivity index (χ0) is 15.1. The first-order chi connectivity index (χ1) is 10.8. The standard InChI is InChI=1S/C18H17N3O/c1-11-14-5-3-4-6-15(14)17-16(11)18(21-20-17)19-12-7-9-13(22-2)10-8-12/h3-10,19-21H,1-2H3. The van der Waals surface area contributed by atoms with E-state index in [0.717, 1.165) is 22.9 Å². The Hall–Kier alpha value is -2.88. The van der Waals surface area contributed by atoms with Crippen molar-refractivity contribution in [2.75, 3.05) is 12.4 Å². The number of benzene rings is 2. The molecular formula is C18H17N3O. The zero-order valence-electron chi connectivity index (χ0n) is 12.5. The van der Waals surface area contributed by atoms with Crippen LogP contribution in [0.4, 0.5) is 11.5 Å². The van der Waals surface area contributed by atoms with Gasteiger partial charge in [0.1, 0.15) is 11.6 Å². The summed E-state index contributed by atoms with van der Waals surface area (Å²) in [6.45, 7) is 2.16. The molecular weight excluding hydrogens is 274 g/mol. The normalized spacial score (nSPS) is 11.2. The van der Waals surface area contributed by atoms with Gasteiger partial charge in [-0.1, -0.05) is 24.3 Å². The van der Waals surface area contributed by atoms with Gasteiger partial charge in [0.25, 0.3) is 0 Å². The number of H-pyrrole nitrogens is 2. The summed E-state index contributed by atoms with van der Waals surface area (Å²) < 4.78 is 5.19. The average Bonchev–Trinajstić information content (AvgIpc) is 3.09. The minimum Gasteiger partial charge on any atom is -0.497 e. The molecule has 0 bridgehead atoms. The Morgan fingerprint density at radius 2 is 1.64 bits per heavy atom. The third kappa shape index (κ3) is 1.84. The number of aryl methyl sites for hydroxylation is 1. The number of hydrogen-bond donors (Lipinski definition) is 3. The van der Waals surface area contributed by atoms with Gasteiger partial charge in [-0.2, -0.15) is 0 Å². The summed E-state index contributed by atoms with van der Waals surface area (Å²) in [6, 6.07) is 16.4. The molecule has 2 aromatic rings. The first-order valence-corrected chi connectivity index (χ1v) is 7.26. The summed E-state index contributed by atoms with van der Waals surface area (Å²) in [4.78, 5) is 0. The van der Waals surface area contributed by atoms with E-state index < -0.39 is 0 Å². The van der Waals surface area contributed by atoms with Crippen LogP contribution in [0.1, 0.15) is 5.56 Å². The molecule has 0 atom stereocenters. The number of nitrogens with one attached hydrogen (secondary N) is 3. The predicted octanol–water partition coefficient (Wildman–Crippen LogP) is 4.66. The third-order valence-corrected chi connectivity index (χ3v) is 4.15. The minimum absolute atomic E-state index is 0.851. The molecule has 4 heteroatoms. The number of ether oxygens (including phenoxy) is 1. The largest absolute Gasteiger partial charge is 0.497 e. The van der Waals surface area contributed by atoms with Crippen molar-refractivity contribution in [3.05, 3.63) is 54.1 Å². The van der Waals surface area contributed by atoms with Crippen LogP contribution in [-0.2, 0) is 0 Å². The van der Waals surface area contributed by atoms with Crippen molar-refractivity contribution in [1.29, 1.82) is 0 Å². The van der Waals surface area contributed by atoms with Crippen LogP contribution in [0.25, 0.3) is 22.0 Å². The minimum atomic E-state index is 0.851. The van der Waals surface area contributed by atoms with Gasteiger partial charge in [0.15, 0.2) is 0 Å². The molecule has 110 valence electrons. The van der Waals surface area contributed by atoms with E-state index in [4.69, 9.17) is 4.74 Å². The van der Waals surface area contributed by atoms with Crippen LogP contribution in [0, 0.1) is 6.92 Å². The van der Waals surface area contributed by atoms with Crippen molar-refractivity contribution in [2.45, 2.75) is 6.92 Å². The van der Waals surface area contributed by atoms with Crippen molar-refractivity contribution in [2.24, 2.45) is 0 Å². The number of hydrogen-bond acceptors (Lipinski definition) is 2. The molecule has 4 rings (SSSR count). The van der Waals surface area contributed by atoms with Crippen molar-refractivity contribution in [3.8, 4) is 17.0 Å². The Morgan fingerprint density at radius 3 is 2.36 bits per heavy atom. The number of methoxy groups -OCH3 is 1. The first-order valence-electron chi connectivity index (χ1n) is 7.26. The smallest absolute Gasteiger partial charge is 0.132 e. The highest BCUT2D eigenvalue weighted by molar-refractivity contribution is 6.07. The zero-order valence-corrected chi connectivity index (χ0v) is 12.5. The van der Waals surface area contributed by atoms with E-state index in [1.165, 1.54) is 21.9 Å². The maximum Gasteiger partial charge on any atom is 0.132 e. The van der Waals surface area contributed by atoms with Crippen LogP contribution in [-0.4, -0.2) is 17.3 Å². The molecule has 0 spiro atoms. The Kier molecular flexibility index (Phi) is 2.82. The summed E-state index contributed by atoms with van der Waals surface area (Å²) in [5.41, 5.74) is 4.64. The fourth-order valence-electron chi connectivity index (χ4n) is 3.03. The number of rotatable bonds is 3. The van der Waals surface area contributed by atoms with Crippen molar-refractivity contribution in [3.63, 3.8) is 0 Å². The molecule has 0 aromatic heterocycles. The van der Waals surface area contributed by atoms with Crippen molar-refractivity contribution >= 4 is 22.3 Å². The van der Waals surface area contributed by atoms with Gasteiger partial charge in [-0.15, -0.1) is 0 Å². The third-order valence-electron chi connectivity index (χ3n) is 4.15. The lowest BCUT2D eigenvalue weighted by molar-refractivity contribution is 0.415. The van der Waals surface area contributed by atoms with E-state index in [9.17, 15) is 0 Å². The Balaban J connectivity index is 1.77. The Morgan fingerprint density at radius 1 is 0.909 bits per heavy atom. The fourth-order valence-corrected chi connectivity index (χ4v) is 3.03. The fraction of sp³-hybridized carbons (Fsp3) is 0.111. The second kappa shape index (κ2) is 4.84. The highest BCUT2D eigenvalue weighted by atomic mass is 16.5. The summed E-state index contributed by atoms with van der Waals surface area (Å²) in [5, 5.41) is 12.5. The van der Waals surface area contributed by atoms with Crippen molar-refractivity contribution < 1.29 is 4.74 Å². The second-order valence-electron chi connectivity index (χ2n) is 5.40. The lowest BCUT2D eigenvalue weighted by Crippen LogP contribution is -1.92. The van der Waals surface area contributed by atoms with E-state index in [2.05, 4.69) is 46.7 Å². The molecule has 0 saturated carbocycles. The first kappa shape index (κ1) is 12.8. The van der Waals surface area contributed by atoms with E-state index >= 15 is 0 Å². The van der Waals surface area contributed by atoms with Gasteiger partial charge in [0.2, 0.25) is 0 Å². The second-order valence-corrected chi connectivity index (χ2v) is 5.40. The number of aromatic amines is 2. The van der Waals surface area contributed by atoms with E-state index in [-0.39, 0.29) is 0 Å². The SMILES string of the molecule is COc1ccc(Nc2[nH][nH]c3c4ccccc4c(C)c2-3)cc1. The molecule has 3 N–H and O–H groups in total. The van der Waals surface area contributed by atoms with Crippen molar-refractivity contribution in [1.82, 2.24) is 10.2 Å². The predicted molar refractivity (Wildman–Crippen MR) is 90.3 cm³/mol. The molecule has 2 aliphatic rings. The number of fused-ring (bicyclic) bond motifs is 3. The van der Waals surface area contributed by atoms with Gasteiger partial charge in [-0.05, 0) is 42.1 Å². The summed E-state index contributed by atoms with van der Waals surface area (Å²) in [7, 11) is 1.67. The summed E-state index contributed by atoms with van der Waals surface area (Å²) in [6.07, 6.45) is 0. The van der Waals surface area contributed by atoms with Crippen LogP contribution in [0.2, 0.25) is 0 Å². The van der Waals surface area contributed by atoms with Crippen LogP contribution < -0.4 is 10.1 Å². The Labute approximate surface area is 128 Å². The van der Waals surface area contributed by atoms with Gasteiger partial charge in [-0.3, -0.25) is 10.2 Å². The van der Waals surface area contributed by atoms with Gasteiger partial charge >= 0.3 is 0 Å². The highest BCUT2D eigenvalue weighted by Gasteiger charge is 2.20. The Bertz CT molecular complexity index is 902. The van der Waals surface area contributed by atoms with E-state index in [0.29, 0.717) is 0 Å². The van der Waals surface area contributed by atoms with Gasteiger partial charge in [0.05, 0.1) is 12.8 Å². The monoisotopic (exact) mass is 291 g/mol. The van der Waals surface area contributed by atoms with Crippen LogP contribution in [0.15, 0.2) is 48.5 Å². The van der Waals surface area contributed by atoms with E-state index in [1.807, 2.05) is 24.3 Å². The molecule has 4 nitrogen and oxygen atoms in total. The van der Waals surface area contributed by atoms with Crippen LogP contribution in [0.3, 0.4) is 0 Å². The average molecular weight is 291 g/mol. The molecule has 0 fully saturated rings. The highest BCUT2D eigenvalue weighted by Crippen LogP contribution is 2.42. The van der Waals surface area contributed by atoms with Gasteiger partial charge in [0, 0.05) is 16.6 Å². The lowest BCUT2D eigenvalue weighted by atomic mass is 10.1. The molecule has 0 radical (unpaired) electrons. The molecule has 0 unspecified atom stereocenters. The van der Waals surface area contributed by atoms with Gasteiger partial charge < -0.3 is 10.1 Å². The van der Waals surface area contributed by atoms with Gasteiger partial charge in [-0.25, -0.2) is 0 Å².